The van der Waals surface area contributed by atoms with Crippen molar-refractivity contribution in [3.63, 3.8) is 0 Å². The molecular weight excluding hydrogens is 252 g/mol. The van der Waals surface area contributed by atoms with Crippen LogP contribution in [0, 0.1) is 0 Å². The molecule has 1 fully saturated rings. The highest BCUT2D eigenvalue weighted by Gasteiger charge is 2.37. The molecule has 0 N–H and O–H groups in total. The van der Waals surface area contributed by atoms with Crippen molar-refractivity contribution in [3.8, 4) is 0 Å². The number of rotatable bonds is 5. The van der Waals surface area contributed by atoms with Crippen LogP contribution in [0.1, 0.15) is 56.7 Å². The molecule has 0 atom stereocenters. The normalized spacial score (nSPS) is 19.7. The van der Waals surface area contributed by atoms with E-state index in [1.54, 1.807) is 7.11 Å². The smallest absolute Gasteiger partial charge is 0.226 e. The van der Waals surface area contributed by atoms with Gasteiger partial charge in [0.2, 0.25) is 11.7 Å². The van der Waals surface area contributed by atoms with Gasteiger partial charge in [-0.25, -0.2) is 0 Å². The first-order valence-corrected chi connectivity index (χ1v) is 7.28. The zero-order chi connectivity index (χ0) is 12.8. The Kier molecular flexibility index (Phi) is 5.01. The average molecular weight is 273 g/mol. The minimum Gasteiger partial charge on any atom is -0.370 e. The highest BCUT2D eigenvalue weighted by Crippen LogP contribution is 2.37. The Hall–Kier alpha value is -0.610. The van der Waals surface area contributed by atoms with E-state index in [4.69, 9.17) is 20.9 Å². The molecule has 0 aliphatic heterocycles. The monoisotopic (exact) mass is 272 g/mol. The SMILES string of the molecule is COC1(c2noc(CCCCl)n2)CCCCCC1. The van der Waals surface area contributed by atoms with Gasteiger partial charge in [0.1, 0.15) is 5.60 Å². The van der Waals surface area contributed by atoms with Crippen LogP contribution in [0.2, 0.25) is 0 Å². The molecule has 1 saturated carbocycles. The first kappa shape index (κ1) is 13.8. The van der Waals surface area contributed by atoms with E-state index in [0.29, 0.717) is 11.8 Å². The van der Waals surface area contributed by atoms with Gasteiger partial charge in [-0.15, -0.1) is 11.6 Å². The van der Waals surface area contributed by atoms with E-state index in [0.717, 1.165) is 31.5 Å². The Morgan fingerprint density at radius 2 is 2.00 bits per heavy atom. The topological polar surface area (TPSA) is 48.2 Å². The molecule has 5 heteroatoms. The van der Waals surface area contributed by atoms with Crippen LogP contribution in [0.15, 0.2) is 4.52 Å². The van der Waals surface area contributed by atoms with Crippen molar-refractivity contribution < 1.29 is 9.26 Å². The molecule has 18 heavy (non-hydrogen) atoms. The van der Waals surface area contributed by atoms with Gasteiger partial charge in [0, 0.05) is 19.4 Å². The number of ether oxygens (including phenoxy) is 1. The first-order valence-electron chi connectivity index (χ1n) is 6.75. The van der Waals surface area contributed by atoms with E-state index in [2.05, 4.69) is 10.1 Å². The van der Waals surface area contributed by atoms with Gasteiger partial charge in [0.15, 0.2) is 0 Å². The summed E-state index contributed by atoms with van der Waals surface area (Å²) >= 11 is 5.67. The fraction of sp³-hybridized carbons (Fsp3) is 0.846. The van der Waals surface area contributed by atoms with E-state index in [1.165, 1.54) is 25.7 Å². The van der Waals surface area contributed by atoms with Crippen LogP contribution in [0.4, 0.5) is 0 Å². The summed E-state index contributed by atoms with van der Waals surface area (Å²) in [5, 5.41) is 4.12. The Balaban J connectivity index is 2.12. The Labute approximate surface area is 113 Å². The summed E-state index contributed by atoms with van der Waals surface area (Å²) in [6.45, 7) is 0. The van der Waals surface area contributed by atoms with Crippen molar-refractivity contribution in [1.29, 1.82) is 0 Å². The van der Waals surface area contributed by atoms with Crippen LogP contribution in [-0.4, -0.2) is 23.1 Å². The lowest BCUT2D eigenvalue weighted by molar-refractivity contribution is -0.0365. The number of hydrogen-bond donors (Lipinski definition) is 0. The predicted octanol–water partition coefficient (Wildman–Crippen LogP) is 3.44. The van der Waals surface area contributed by atoms with Crippen LogP contribution < -0.4 is 0 Å². The second-order valence-corrected chi connectivity index (χ2v) is 5.29. The fourth-order valence-corrected chi connectivity index (χ4v) is 2.71. The molecule has 1 aromatic rings. The summed E-state index contributed by atoms with van der Waals surface area (Å²) in [5.74, 6) is 2.01. The van der Waals surface area contributed by atoms with Crippen molar-refractivity contribution in [3.05, 3.63) is 11.7 Å². The van der Waals surface area contributed by atoms with E-state index in [-0.39, 0.29) is 5.60 Å². The maximum Gasteiger partial charge on any atom is 0.226 e. The quantitative estimate of drug-likeness (QED) is 0.609. The lowest BCUT2D eigenvalue weighted by Gasteiger charge is -2.27. The molecule has 0 saturated heterocycles. The second-order valence-electron chi connectivity index (χ2n) is 4.92. The largest absolute Gasteiger partial charge is 0.370 e. The molecule has 1 heterocycles. The number of aromatic nitrogens is 2. The number of halogens is 1. The van der Waals surface area contributed by atoms with Crippen molar-refractivity contribution in [2.24, 2.45) is 0 Å². The van der Waals surface area contributed by atoms with E-state index < -0.39 is 0 Å². The lowest BCUT2D eigenvalue weighted by Crippen LogP contribution is -2.29. The first-order chi connectivity index (χ1) is 8.80. The minimum atomic E-state index is -0.334. The van der Waals surface area contributed by atoms with Crippen molar-refractivity contribution in [2.45, 2.75) is 57.0 Å². The molecule has 102 valence electrons. The van der Waals surface area contributed by atoms with E-state index in [9.17, 15) is 0 Å². The molecule has 0 aromatic carbocycles. The molecule has 0 spiro atoms. The molecule has 0 radical (unpaired) electrons. The lowest BCUT2D eigenvalue weighted by atomic mass is 9.93. The van der Waals surface area contributed by atoms with Gasteiger partial charge in [0.25, 0.3) is 0 Å². The molecule has 0 amide bonds. The molecule has 1 aliphatic carbocycles. The Bertz CT molecular complexity index is 360. The number of hydrogen-bond acceptors (Lipinski definition) is 4. The molecule has 4 nitrogen and oxygen atoms in total. The van der Waals surface area contributed by atoms with Gasteiger partial charge in [-0.2, -0.15) is 4.98 Å². The van der Waals surface area contributed by atoms with Gasteiger partial charge in [0.05, 0.1) is 0 Å². The van der Waals surface area contributed by atoms with E-state index >= 15 is 0 Å². The standard InChI is InChI=1S/C13H21ClN2O2/c1-17-13(8-4-2-3-5-9-13)12-15-11(18-16-12)7-6-10-14/h2-10H2,1H3. The second kappa shape index (κ2) is 6.53. The highest BCUT2D eigenvalue weighted by atomic mass is 35.5. The van der Waals surface area contributed by atoms with Crippen molar-refractivity contribution in [1.82, 2.24) is 10.1 Å². The summed E-state index contributed by atoms with van der Waals surface area (Å²) in [6.07, 6.45) is 8.44. The maximum absolute atomic E-state index is 5.75. The maximum atomic E-state index is 5.75. The van der Waals surface area contributed by atoms with Gasteiger partial charge < -0.3 is 9.26 Å². The number of alkyl halides is 1. The molecular formula is C13H21ClN2O2. The summed E-state index contributed by atoms with van der Waals surface area (Å²) in [5.41, 5.74) is -0.334. The highest BCUT2D eigenvalue weighted by molar-refractivity contribution is 6.17. The summed E-state index contributed by atoms with van der Waals surface area (Å²) < 4.78 is 11.0. The van der Waals surface area contributed by atoms with Crippen LogP contribution in [0.3, 0.4) is 0 Å². The van der Waals surface area contributed by atoms with Crippen molar-refractivity contribution in [2.75, 3.05) is 13.0 Å². The van der Waals surface area contributed by atoms with Gasteiger partial charge in [-0.05, 0) is 19.3 Å². The van der Waals surface area contributed by atoms with Gasteiger partial charge in [-0.3, -0.25) is 0 Å². The predicted molar refractivity (Wildman–Crippen MR) is 69.7 cm³/mol. The van der Waals surface area contributed by atoms with Gasteiger partial charge in [-0.1, -0.05) is 30.8 Å². The molecule has 0 unspecified atom stereocenters. The van der Waals surface area contributed by atoms with Crippen LogP contribution in [-0.2, 0) is 16.8 Å². The summed E-state index contributed by atoms with van der Waals surface area (Å²) in [6, 6.07) is 0. The third kappa shape index (κ3) is 3.04. The molecule has 1 aromatic heterocycles. The van der Waals surface area contributed by atoms with E-state index in [1.807, 2.05) is 0 Å². The third-order valence-electron chi connectivity index (χ3n) is 3.70. The van der Waals surface area contributed by atoms with Crippen LogP contribution >= 0.6 is 11.6 Å². The Morgan fingerprint density at radius 1 is 1.28 bits per heavy atom. The Morgan fingerprint density at radius 3 is 2.61 bits per heavy atom. The van der Waals surface area contributed by atoms with Crippen molar-refractivity contribution >= 4 is 11.6 Å². The number of aryl methyl sites for hydroxylation is 1. The summed E-state index contributed by atoms with van der Waals surface area (Å²) in [7, 11) is 1.75. The fourth-order valence-electron chi connectivity index (χ4n) is 2.58. The van der Waals surface area contributed by atoms with Gasteiger partial charge >= 0.3 is 0 Å². The number of methoxy groups -OCH3 is 1. The van der Waals surface area contributed by atoms with Crippen LogP contribution in [0.25, 0.3) is 0 Å². The zero-order valence-electron chi connectivity index (χ0n) is 11.0. The number of nitrogens with zero attached hydrogens (tertiary/aromatic N) is 2. The zero-order valence-corrected chi connectivity index (χ0v) is 11.7. The third-order valence-corrected chi connectivity index (χ3v) is 3.97. The average Bonchev–Trinajstić information content (AvgIpc) is 2.74. The molecule has 0 bridgehead atoms. The van der Waals surface area contributed by atoms with Crippen LogP contribution in [0.5, 0.6) is 0 Å². The molecule has 1 aliphatic rings. The summed E-state index contributed by atoms with van der Waals surface area (Å²) in [4.78, 5) is 4.49. The minimum absolute atomic E-state index is 0.334. The molecule has 2 rings (SSSR count).